The number of fused-ring (bicyclic) bond motifs is 3. The molecule has 3 N–H and O–H groups in total. The Morgan fingerprint density at radius 1 is 1.03 bits per heavy atom. The van der Waals surface area contributed by atoms with Crippen LogP contribution in [0.15, 0.2) is 77.9 Å². The number of carbonyl (C=O) groups is 2. The predicted octanol–water partition coefficient (Wildman–Crippen LogP) is 5.23. The van der Waals surface area contributed by atoms with E-state index in [0.717, 1.165) is 11.1 Å². The van der Waals surface area contributed by atoms with Gasteiger partial charge in [0.15, 0.2) is 0 Å². The molecule has 1 aliphatic rings. The van der Waals surface area contributed by atoms with Gasteiger partial charge < -0.3 is 15.7 Å². The van der Waals surface area contributed by atoms with Gasteiger partial charge >= 0.3 is 5.97 Å². The third kappa shape index (κ3) is 5.09. The number of hydrogen-bond donors (Lipinski definition) is 3. The van der Waals surface area contributed by atoms with E-state index in [2.05, 4.69) is 15.6 Å². The number of nitrogens with one attached hydrogen (secondary N) is 2. The first kappa shape index (κ1) is 25.0. The van der Waals surface area contributed by atoms with E-state index >= 15 is 0 Å². The molecule has 0 saturated heterocycles. The second kappa shape index (κ2) is 10.4. The van der Waals surface area contributed by atoms with Crippen molar-refractivity contribution in [3.8, 4) is 11.3 Å². The van der Waals surface area contributed by atoms with Gasteiger partial charge in [-0.3, -0.25) is 14.6 Å². The topological polar surface area (TPSA) is 117 Å². The number of aliphatic carboxylic acids is 1. The zero-order valence-electron chi connectivity index (χ0n) is 20.1. The van der Waals surface area contributed by atoms with E-state index in [1.54, 1.807) is 60.8 Å². The Balaban J connectivity index is 1.44. The lowest BCUT2D eigenvalue weighted by molar-refractivity contribution is -0.138. The summed E-state index contributed by atoms with van der Waals surface area (Å²) in [6.07, 6.45) is 1.67. The van der Waals surface area contributed by atoms with Crippen LogP contribution < -0.4 is 10.6 Å². The molecule has 3 aromatic carbocycles. The lowest BCUT2D eigenvalue weighted by atomic mass is 9.95. The van der Waals surface area contributed by atoms with Crippen molar-refractivity contribution in [2.24, 2.45) is 4.99 Å². The number of carbonyl (C=O) groups excluding carboxylic acids is 1. The monoisotopic (exact) mass is 529 g/mol. The summed E-state index contributed by atoms with van der Waals surface area (Å²) in [6.45, 7) is 1.65. The average molecular weight is 530 g/mol. The number of aliphatic imine (C=N–C) groups is 1. The molecule has 5 rings (SSSR count). The fraction of sp³-hybridized carbons (Fsp3) is 0.107. The fourth-order valence-electron chi connectivity index (χ4n) is 4.04. The maximum atomic E-state index is 14.7. The third-order valence-corrected chi connectivity index (χ3v) is 6.25. The summed E-state index contributed by atoms with van der Waals surface area (Å²) in [7, 11) is 0. The normalized spacial score (nSPS) is 12.9. The van der Waals surface area contributed by atoms with Crippen LogP contribution >= 0.6 is 11.6 Å². The van der Waals surface area contributed by atoms with Crippen LogP contribution in [0.5, 0.6) is 0 Å². The number of nitrogens with zero attached hydrogens (tertiary/aromatic N) is 3. The molecule has 1 atom stereocenters. The molecular weight excluding hydrogens is 509 g/mol. The smallest absolute Gasteiger partial charge is 0.325 e. The largest absolute Gasteiger partial charge is 0.480 e. The highest BCUT2D eigenvalue weighted by Gasteiger charge is 2.23. The standard InChI is InChI=1S/C28H21ClFN5O3/c1-15(27(37)38)33-26(36)16-6-9-19(10-7-16)34-28-32-14-17-13-31-25(21-4-2-3-5-23(21)30)22-12-18(29)8-11-20(22)24(17)35-28/h2-12,14-15H,13H2,1H3,(H,33,36)(H,37,38)(H,32,34,35)/t15-/m0/s1. The first-order valence-electron chi connectivity index (χ1n) is 11.7. The molecule has 4 aromatic rings. The van der Waals surface area contributed by atoms with Crippen LogP contribution in [0.3, 0.4) is 0 Å². The van der Waals surface area contributed by atoms with Gasteiger partial charge in [-0.2, -0.15) is 0 Å². The van der Waals surface area contributed by atoms with Crippen LogP contribution in [0, 0.1) is 5.82 Å². The van der Waals surface area contributed by atoms with Gasteiger partial charge in [0.2, 0.25) is 5.95 Å². The SMILES string of the molecule is C[C@H](NC(=O)c1ccc(Nc2ncc3c(n2)-c2ccc(Cl)cc2C(c2ccccc2F)=NC3)cc1)C(=O)O. The first-order valence-corrected chi connectivity index (χ1v) is 12.0. The maximum Gasteiger partial charge on any atom is 0.325 e. The molecular formula is C28H21ClFN5O3. The van der Waals surface area contributed by atoms with E-state index in [-0.39, 0.29) is 12.4 Å². The number of amides is 1. The van der Waals surface area contributed by atoms with Gasteiger partial charge in [0.05, 0.1) is 18.0 Å². The molecule has 0 aliphatic carbocycles. The van der Waals surface area contributed by atoms with Crippen LogP contribution in [0.25, 0.3) is 11.3 Å². The number of benzene rings is 3. The van der Waals surface area contributed by atoms with Crippen LogP contribution in [0.4, 0.5) is 16.0 Å². The zero-order valence-corrected chi connectivity index (χ0v) is 20.8. The summed E-state index contributed by atoms with van der Waals surface area (Å²) >= 11 is 6.31. The molecule has 0 spiro atoms. The van der Waals surface area contributed by atoms with Crippen molar-refractivity contribution in [2.45, 2.75) is 19.5 Å². The van der Waals surface area contributed by atoms with Crippen molar-refractivity contribution in [1.82, 2.24) is 15.3 Å². The number of aromatic nitrogens is 2. The van der Waals surface area contributed by atoms with Gasteiger partial charge in [-0.05, 0) is 55.5 Å². The van der Waals surface area contributed by atoms with Crippen LogP contribution in [-0.2, 0) is 11.3 Å². The van der Waals surface area contributed by atoms with Crippen molar-refractivity contribution in [3.63, 3.8) is 0 Å². The first-order chi connectivity index (χ1) is 18.3. The van der Waals surface area contributed by atoms with E-state index in [4.69, 9.17) is 26.7 Å². The number of carboxylic acid groups (broad SMARTS) is 1. The Labute approximate surface area is 222 Å². The van der Waals surface area contributed by atoms with E-state index in [9.17, 15) is 14.0 Å². The van der Waals surface area contributed by atoms with Gasteiger partial charge in [-0.15, -0.1) is 0 Å². The minimum absolute atomic E-state index is 0.254. The summed E-state index contributed by atoms with van der Waals surface area (Å²) in [4.78, 5) is 37.1. The van der Waals surface area contributed by atoms with E-state index < -0.39 is 17.9 Å². The Kier molecular flexibility index (Phi) is 6.85. The van der Waals surface area contributed by atoms with Crippen molar-refractivity contribution >= 4 is 40.8 Å². The minimum Gasteiger partial charge on any atom is -0.480 e. The number of rotatable bonds is 6. The summed E-state index contributed by atoms with van der Waals surface area (Å²) in [5.74, 6) is -1.68. The van der Waals surface area contributed by atoms with Crippen LogP contribution in [0.1, 0.15) is 34.0 Å². The summed E-state index contributed by atoms with van der Waals surface area (Å²) < 4.78 is 14.7. The number of carboxylic acids is 1. The minimum atomic E-state index is -1.12. The molecule has 0 fully saturated rings. The highest BCUT2D eigenvalue weighted by Crippen LogP contribution is 2.34. The Bertz CT molecular complexity index is 1590. The molecule has 0 radical (unpaired) electrons. The molecule has 0 unspecified atom stereocenters. The molecule has 190 valence electrons. The van der Waals surface area contributed by atoms with Crippen molar-refractivity contribution < 1.29 is 19.1 Å². The Morgan fingerprint density at radius 2 is 1.79 bits per heavy atom. The average Bonchev–Trinajstić information content (AvgIpc) is 3.05. The third-order valence-electron chi connectivity index (χ3n) is 6.01. The molecule has 2 heterocycles. The number of hydrogen-bond acceptors (Lipinski definition) is 6. The van der Waals surface area contributed by atoms with E-state index in [0.29, 0.717) is 44.8 Å². The molecule has 1 aliphatic heterocycles. The van der Waals surface area contributed by atoms with Gasteiger partial charge in [-0.25, -0.2) is 14.4 Å². The van der Waals surface area contributed by atoms with Gasteiger partial charge in [0.1, 0.15) is 11.9 Å². The predicted molar refractivity (Wildman–Crippen MR) is 143 cm³/mol. The van der Waals surface area contributed by atoms with E-state index in [1.807, 2.05) is 6.07 Å². The second-order valence-corrected chi connectivity index (χ2v) is 9.07. The van der Waals surface area contributed by atoms with Crippen molar-refractivity contribution in [3.05, 3.63) is 106 Å². The van der Waals surface area contributed by atoms with Gasteiger partial charge in [0.25, 0.3) is 5.91 Å². The molecule has 8 nitrogen and oxygen atoms in total. The van der Waals surface area contributed by atoms with Crippen molar-refractivity contribution in [1.29, 1.82) is 0 Å². The quantitative estimate of drug-likeness (QED) is 0.315. The lowest BCUT2D eigenvalue weighted by Crippen LogP contribution is -2.38. The van der Waals surface area contributed by atoms with Gasteiger partial charge in [-0.1, -0.05) is 29.8 Å². The molecule has 1 amide bonds. The zero-order chi connectivity index (χ0) is 26.8. The van der Waals surface area contributed by atoms with Crippen LogP contribution in [0.2, 0.25) is 5.02 Å². The summed E-state index contributed by atoms with van der Waals surface area (Å²) in [5.41, 5.74) is 4.62. The Morgan fingerprint density at radius 3 is 2.53 bits per heavy atom. The maximum absolute atomic E-state index is 14.7. The molecule has 1 aromatic heterocycles. The highest BCUT2D eigenvalue weighted by atomic mass is 35.5. The number of halogens is 2. The molecule has 38 heavy (non-hydrogen) atoms. The molecule has 10 heteroatoms. The van der Waals surface area contributed by atoms with Crippen molar-refractivity contribution in [2.75, 3.05) is 5.32 Å². The van der Waals surface area contributed by atoms with E-state index in [1.165, 1.54) is 13.0 Å². The second-order valence-electron chi connectivity index (χ2n) is 8.64. The molecule has 0 saturated carbocycles. The van der Waals surface area contributed by atoms with Gasteiger partial charge in [0, 0.05) is 44.7 Å². The Hall–Kier alpha value is -4.63. The summed E-state index contributed by atoms with van der Waals surface area (Å²) in [6, 6.07) is 17.3. The fourth-order valence-corrected chi connectivity index (χ4v) is 4.22. The molecule has 0 bridgehead atoms. The number of anilines is 2. The lowest BCUT2D eigenvalue weighted by Gasteiger charge is -2.13. The summed E-state index contributed by atoms with van der Waals surface area (Å²) in [5, 5.41) is 15.0. The highest BCUT2D eigenvalue weighted by molar-refractivity contribution is 6.31. The van der Waals surface area contributed by atoms with Crippen LogP contribution in [-0.4, -0.2) is 38.7 Å².